The molecule has 0 saturated carbocycles. The van der Waals surface area contributed by atoms with Crippen molar-refractivity contribution in [1.82, 2.24) is 5.32 Å². The molecule has 0 heterocycles. The van der Waals surface area contributed by atoms with Crippen LogP contribution in [-0.4, -0.2) is 19.0 Å². The maximum atomic E-state index is 10.2. The molecule has 0 radical (unpaired) electrons. The zero-order valence-electron chi connectivity index (χ0n) is 9.18. The van der Waals surface area contributed by atoms with E-state index in [0.717, 1.165) is 19.5 Å². The van der Waals surface area contributed by atoms with Crippen LogP contribution in [0.2, 0.25) is 0 Å². The molecule has 0 fully saturated rings. The fourth-order valence-corrected chi connectivity index (χ4v) is 0.657. The van der Waals surface area contributed by atoms with Crippen LogP contribution in [0.1, 0.15) is 34.1 Å². The van der Waals surface area contributed by atoms with E-state index in [-0.39, 0.29) is 5.91 Å². The van der Waals surface area contributed by atoms with E-state index in [1.807, 2.05) is 13.0 Å². The highest BCUT2D eigenvalue weighted by Crippen LogP contribution is 1.91. The Balaban J connectivity index is 0. The zero-order chi connectivity index (χ0) is 10.7. The lowest BCUT2D eigenvalue weighted by molar-refractivity contribution is -0.114. The van der Waals surface area contributed by atoms with Crippen molar-refractivity contribution < 1.29 is 4.79 Å². The summed E-state index contributed by atoms with van der Waals surface area (Å²) >= 11 is 0. The van der Waals surface area contributed by atoms with E-state index in [1.54, 1.807) is 6.92 Å². The largest absolute Gasteiger partial charge is 0.366 e. The van der Waals surface area contributed by atoms with Gasteiger partial charge in [0.2, 0.25) is 5.91 Å². The first-order valence-corrected chi connectivity index (χ1v) is 4.77. The predicted octanol–water partition coefficient (Wildman–Crippen LogP) is 1.44. The minimum Gasteiger partial charge on any atom is -0.366 e. The van der Waals surface area contributed by atoms with Crippen molar-refractivity contribution in [2.45, 2.75) is 34.1 Å². The zero-order valence-corrected chi connectivity index (χ0v) is 9.18. The third kappa shape index (κ3) is 14.1. The van der Waals surface area contributed by atoms with E-state index >= 15 is 0 Å². The molecule has 0 aliphatic rings. The molecule has 3 N–H and O–H groups in total. The lowest BCUT2D eigenvalue weighted by Gasteiger charge is -1.88. The van der Waals surface area contributed by atoms with Crippen molar-refractivity contribution in [3.8, 4) is 0 Å². The Morgan fingerprint density at radius 2 is 1.77 bits per heavy atom. The molecule has 78 valence electrons. The fraction of sp³-hybridized carbons (Fsp3) is 0.700. The monoisotopic (exact) mass is 186 g/mol. The summed E-state index contributed by atoms with van der Waals surface area (Å²) in [4.78, 5) is 10.2. The van der Waals surface area contributed by atoms with Gasteiger partial charge in [0, 0.05) is 5.57 Å². The van der Waals surface area contributed by atoms with E-state index in [0.29, 0.717) is 5.57 Å². The maximum Gasteiger partial charge on any atom is 0.244 e. The van der Waals surface area contributed by atoms with Crippen molar-refractivity contribution in [2.24, 2.45) is 5.73 Å². The summed E-state index contributed by atoms with van der Waals surface area (Å²) in [6.45, 7) is 10.1. The van der Waals surface area contributed by atoms with Gasteiger partial charge in [-0.25, -0.2) is 0 Å². The first-order chi connectivity index (χ1) is 6.09. The molecule has 0 saturated heterocycles. The highest BCUT2D eigenvalue weighted by atomic mass is 16.1. The summed E-state index contributed by atoms with van der Waals surface area (Å²) in [7, 11) is 0. The molecule has 0 aromatic rings. The van der Waals surface area contributed by atoms with Gasteiger partial charge in [-0.15, -0.1) is 0 Å². The van der Waals surface area contributed by atoms with Gasteiger partial charge in [0.1, 0.15) is 0 Å². The van der Waals surface area contributed by atoms with Crippen LogP contribution in [-0.2, 0) is 4.79 Å². The quantitative estimate of drug-likeness (QED) is 0.653. The van der Waals surface area contributed by atoms with E-state index in [9.17, 15) is 4.79 Å². The van der Waals surface area contributed by atoms with Crippen molar-refractivity contribution in [3.05, 3.63) is 11.6 Å². The number of nitrogens with one attached hydrogen (secondary N) is 1. The van der Waals surface area contributed by atoms with Crippen molar-refractivity contribution in [3.63, 3.8) is 0 Å². The number of amides is 1. The summed E-state index contributed by atoms with van der Waals surface area (Å²) in [6.07, 6.45) is 2.68. The van der Waals surface area contributed by atoms with E-state index in [2.05, 4.69) is 19.2 Å². The van der Waals surface area contributed by atoms with E-state index in [1.165, 1.54) is 0 Å². The average Bonchev–Trinajstić information content (AvgIpc) is 2.07. The van der Waals surface area contributed by atoms with Crippen LogP contribution in [0.15, 0.2) is 11.6 Å². The first-order valence-electron chi connectivity index (χ1n) is 4.77. The molecule has 1 amide bonds. The molecule has 3 heteroatoms. The maximum absolute atomic E-state index is 10.2. The number of hydrogen-bond acceptors (Lipinski definition) is 2. The lowest BCUT2D eigenvalue weighted by Crippen LogP contribution is -2.11. The Labute approximate surface area is 81.4 Å². The number of allylic oxidation sites excluding steroid dienone is 1. The van der Waals surface area contributed by atoms with Crippen molar-refractivity contribution in [1.29, 1.82) is 0 Å². The van der Waals surface area contributed by atoms with Crippen LogP contribution >= 0.6 is 0 Å². The number of carbonyl (C=O) groups excluding carboxylic acids is 1. The summed E-state index contributed by atoms with van der Waals surface area (Å²) in [6, 6.07) is 0. The van der Waals surface area contributed by atoms with Gasteiger partial charge in [0.05, 0.1) is 0 Å². The smallest absolute Gasteiger partial charge is 0.244 e. The highest BCUT2D eigenvalue weighted by Gasteiger charge is 1.91. The molecule has 0 rings (SSSR count). The molecule has 0 atom stereocenters. The van der Waals surface area contributed by atoms with Crippen LogP contribution in [0.25, 0.3) is 0 Å². The summed E-state index contributed by atoms with van der Waals surface area (Å²) < 4.78 is 0. The van der Waals surface area contributed by atoms with Crippen molar-refractivity contribution >= 4 is 5.91 Å². The summed E-state index contributed by atoms with van der Waals surface area (Å²) in [5.41, 5.74) is 5.56. The van der Waals surface area contributed by atoms with Gasteiger partial charge in [-0.05, 0) is 26.4 Å². The van der Waals surface area contributed by atoms with Crippen LogP contribution in [0.5, 0.6) is 0 Å². The lowest BCUT2D eigenvalue weighted by atomic mass is 10.2. The second kappa shape index (κ2) is 11.2. The second-order valence-electron chi connectivity index (χ2n) is 2.62. The molecular formula is C10H22N2O. The molecular weight excluding hydrogens is 164 g/mol. The van der Waals surface area contributed by atoms with E-state index in [4.69, 9.17) is 5.73 Å². The molecule has 3 nitrogen and oxygen atoms in total. The van der Waals surface area contributed by atoms with Crippen LogP contribution in [0.3, 0.4) is 0 Å². The van der Waals surface area contributed by atoms with Gasteiger partial charge in [-0.3, -0.25) is 4.79 Å². The third-order valence-electron chi connectivity index (χ3n) is 1.40. The Morgan fingerprint density at radius 1 is 1.31 bits per heavy atom. The third-order valence-corrected chi connectivity index (χ3v) is 1.40. The van der Waals surface area contributed by atoms with Crippen LogP contribution in [0, 0.1) is 0 Å². The molecule has 0 aliphatic heterocycles. The number of primary amides is 1. The predicted molar refractivity (Wildman–Crippen MR) is 57.5 cm³/mol. The molecule has 0 bridgehead atoms. The van der Waals surface area contributed by atoms with Gasteiger partial charge in [0.25, 0.3) is 0 Å². The molecule has 0 spiro atoms. The molecule has 13 heavy (non-hydrogen) atoms. The van der Waals surface area contributed by atoms with Gasteiger partial charge < -0.3 is 11.1 Å². The summed E-state index contributed by atoms with van der Waals surface area (Å²) in [5.74, 6) is -0.327. The number of hydrogen-bond donors (Lipinski definition) is 2. The first kappa shape index (κ1) is 14.7. The average molecular weight is 186 g/mol. The molecule has 0 aliphatic carbocycles. The second-order valence-corrected chi connectivity index (χ2v) is 2.62. The number of carbonyl (C=O) groups is 1. The minimum atomic E-state index is -0.327. The highest BCUT2D eigenvalue weighted by molar-refractivity contribution is 5.91. The van der Waals surface area contributed by atoms with Crippen LogP contribution in [0.4, 0.5) is 0 Å². The standard InChI is InChI=1S/C6H11NO.C4H11N/c1-3-4-5(2)6(7)8;1-3-5-4-2/h4H,3H2,1-2H3,(H2,7,8);5H,3-4H2,1-2H3. The minimum absolute atomic E-state index is 0.327. The number of nitrogens with two attached hydrogens (primary N) is 1. The Kier molecular flexibility index (Phi) is 12.6. The number of rotatable bonds is 4. The molecule has 0 unspecified atom stereocenters. The van der Waals surface area contributed by atoms with Crippen LogP contribution < -0.4 is 11.1 Å². The SMILES string of the molecule is CCC=C(C)C(N)=O.CCNCC. The molecule has 0 aromatic carbocycles. The molecule has 0 aromatic heterocycles. The van der Waals surface area contributed by atoms with E-state index < -0.39 is 0 Å². The van der Waals surface area contributed by atoms with Gasteiger partial charge in [-0.2, -0.15) is 0 Å². The van der Waals surface area contributed by atoms with Gasteiger partial charge in [-0.1, -0.05) is 26.8 Å². The fourth-order valence-electron chi connectivity index (χ4n) is 0.657. The Hall–Kier alpha value is -0.830. The normalized spacial score (nSPS) is 10.3. The Bertz CT molecular complexity index is 151. The topological polar surface area (TPSA) is 55.1 Å². The Morgan fingerprint density at radius 3 is 1.85 bits per heavy atom. The summed E-state index contributed by atoms with van der Waals surface area (Å²) in [5, 5.41) is 3.11. The van der Waals surface area contributed by atoms with Gasteiger partial charge in [0.15, 0.2) is 0 Å². The van der Waals surface area contributed by atoms with Crippen molar-refractivity contribution in [2.75, 3.05) is 13.1 Å². The van der Waals surface area contributed by atoms with Gasteiger partial charge >= 0.3 is 0 Å².